The Bertz CT molecular complexity index is 825. The van der Waals surface area contributed by atoms with Crippen molar-refractivity contribution in [1.29, 1.82) is 5.26 Å². The molecule has 23 heavy (non-hydrogen) atoms. The number of benzene rings is 2. The second kappa shape index (κ2) is 7.44. The molecule has 0 bridgehead atoms. The fourth-order valence-corrected chi connectivity index (χ4v) is 1.93. The highest BCUT2D eigenvalue weighted by Gasteiger charge is 2.07. The van der Waals surface area contributed by atoms with Crippen LogP contribution in [-0.4, -0.2) is 11.5 Å². The van der Waals surface area contributed by atoms with E-state index in [1.165, 1.54) is 12.1 Å². The van der Waals surface area contributed by atoms with E-state index in [-0.39, 0.29) is 12.3 Å². The largest absolute Gasteiger partial charge is 0.481 e. The highest BCUT2D eigenvalue weighted by molar-refractivity contribution is 5.89. The van der Waals surface area contributed by atoms with E-state index in [1.54, 1.807) is 36.4 Å². The number of allylic oxidation sites excluding steroid dienone is 1. The number of non-ortho nitro benzene ring substituents is 1. The summed E-state index contributed by atoms with van der Waals surface area (Å²) in [4.78, 5) is 10.2. The maximum atomic E-state index is 10.7. The summed E-state index contributed by atoms with van der Waals surface area (Å²) < 4.78 is 5.34. The van der Waals surface area contributed by atoms with Gasteiger partial charge < -0.3 is 4.74 Å². The smallest absolute Gasteiger partial charge is 0.269 e. The number of nitro groups is 1. The summed E-state index contributed by atoms with van der Waals surface area (Å²) in [6, 6.07) is 15.1. The first-order chi connectivity index (χ1) is 11.1. The molecule has 0 aromatic heterocycles. The second-order valence-corrected chi connectivity index (χ2v) is 4.54. The van der Waals surface area contributed by atoms with Gasteiger partial charge in [-0.2, -0.15) is 5.26 Å². The number of nitro benzene ring substituents is 1. The summed E-state index contributed by atoms with van der Waals surface area (Å²) in [6.07, 6.45) is 6.83. The molecule has 2 aromatic rings. The summed E-state index contributed by atoms with van der Waals surface area (Å²) in [6.45, 7) is 0.167. The molecule has 0 heterocycles. The van der Waals surface area contributed by atoms with Crippen molar-refractivity contribution in [2.45, 2.75) is 0 Å². The van der Waals surface area contributed by atoms with Crippen LogP contribution in [0.3, 0.4) is 0 Å². The predicted molar refractivity (Wildman–Crippen MR) is 87.4 cm³/mol. The normalized spacial score (nSPS) is 10.4. The quantitative estimate of drug-likeness (QED) is 0.278. The Hall–Kier alpha value is -3.57. The van der Waals surface area contributed by atoms with Gasteiger partial charge in [0.2, 0.25) is 0 Å². The topological polar surface area (TPSA) is 76.2 Å². The standard InChI is InChI=1S/C18H12N2O3/c1-2-10-23-18-5-3-4-14(12-18)11-16(13-19)15-6-8-17(9-7-15)20(21)22/h1,3-9,11-12H,10H2/b16-11-. The number of nitriles is 1. The Morgan fingerprint density at radius 3 is 2.65 bits per heavy atom. The van der Waals surface area contributed by atoms with Gasteiger partial charge in [-0.25, -0.2) is 0 Å². The van der Waals surface area contributed by atoms with E-state index in [1.807, 2.05) is 6.07 Å². The summed E-state index contributed by atoms with van der Waals surface area (Å²) in [5, 5.41) is 20.0. The molecule has 2 rings (SSSR count). The van der Waals surface area contributed by atoms with Gasteiger partial charge in [-0.05, 0) is 41.5 Å². The highest BCUT2D eigenvalue weighted by atomic mass is 16.6. The number of hydrogen-bond acceptors (Lipinski definition) is 4. The minimum Gasteiger partial charge on any atom is -0.481 e. The zero-order valence-corrected chi connectivity index (χ0v) is 12.1. The summed E-state index contributed by atoms with van der Waals surface area (Å²) >= 11 is 0. The molecule has 5 nitrogen and oxygen atoms in total. The zero-order chi connectivity index (χ0) is 16.7. The first-order valence-electron chi connectivity index (χ1n) is 6.67. The van der Waals surface area contributed by atoms with E-state index in [2.05, 4.69) is 12.0 Å². The van der Waals surface area contributed by atoms with Gasteiger partial charge in [0.1, 0.15) is 12.4 Å². The lowest BCUT2D eigenvalue weighted by Gasteiger charge is -2.04. The summed E-state index contributed by atoms with van der Waals surface area (Å²) in [7, 11) is 0. The molecular weight excluding hydrogens is 292 g/mol. The molecule has 112 valence electrons. The minimum absolute atomic E-state index is 0.0179. The molecule has 0 fully saturated rings. The van der Waals surface area contributed by atoms with Crippen LogP contribution in [0.4, 0.5) is 5.69 Å². The maximum absolute atomic E-state index is 10.7. The van der Waals surface area contributed by atoms with Crippen molar-refractivity contribution in [2.24, 2.45) is 0 Å². The van der Waals surface area contributed by atoms with E-state index in [9.17, 15) is 15.4 Å². The number of hydrogen-bond donors (Lipinski definition) is 0. The van der Waals surface area contributed by atoms with Crippen LogP contribution in [0, 0.1) is 33.8 Å². The van der Waals surface area contributed by atoms with E-state index < -0.39 is 4.92 Å². The van der Waals surface area contributed by atoms with Crippen molar-refractivity contribution in [2.75, 3.05) is 6.61 Å². The highest BCUT2D eigenvalue weighted by Crippen LogP contribution is 2.22. The number of rotatable bonds is 5. The maximum Gasteiger partial charge on any atom is 0.269 e. The molecule has 0 amide bonds. The van der Waals surface area contributed by atoms with Gasteiger partial charge >= 0.3 is 0 Å². The van der Waals surface area contributed by atoms with Crippen molar-refractivity contribution in [3.8, 4) is 24.2 Å². The lowest BCUT2D eigenvalue weighted by atomic mass is 10.0. The van der Waals surface area contributed by atoms with Crippen LogP contribution in [-0.2, 0) is 0 Å². The second-order valence-electron chi connectivity index (χ2n) is 4.54. The Labute approximate surface area is 133 Å². The average Bonchev–Trinajstić information content (AvgIpc) is 2.58. The van der Waals surface area contributed by atoms with Gasteiger partial charge in [0.25, 0.3) is 5.69 Å². The molecule has 0 saturated carbocycles. The zero-order valence-electron chi connectivity index (χ0n) is 12.1. The summed E-state index contributed by atoms with van der Waals surface area (Å²) in [5.74, 6) is 2.99. The minimum atomic E-state index is -0.480. The molecule has 0 aliphatic rings. The predicted octanol–water partition coefficient (Wildman–Crippen LogP) is 3.67. The van der Waals surface area contributed by atoms with Crippen molar-refractivity contribution >= 4 is 17.3 Å². The Morgan fingerprint density at radius 2 is 2.04 bits per heavy atom. The molecular formula is C18H12N2O3. The molecule has 0 atom stereocenters. The molecule has 5 heteroatoms. The van der Waals surface area contributed by atoms with Gasteiger partial charge in [0.05, 0.1) is 16.6 Å². The molecule has 0 aliphatic heterocycles. The molecule has 0 N–H and O–H groups in total. The third kappa shape index (κ3) is 4.20. The first-order valence-corrected chi connectivity index (χ1v) is 6.67. The van der Waals surface area contributed by atoms with Crippen LogP contribution in [0.15, 0.2) is 48.5 Å². The van der Waals surface area contributed by atoms with Crippen LogP contribution >= 0.6 is 0 Å². The van der Waals surface area contributed by atoms with Crippen molar-refractivity contribution < 1.29 is 9.66 Å². The van der Waals surface area contributed by atoms with Crippen LogP contribution in [0.5, 0.6) is 5.75 Å². The van der Waals surface area contributed by atoms with Crippen molar-refractivity contribution in [1.82, 2.24) is 0 Å². The van der Waals surface area contributed by atoms with Crippen LogP contribution < -0.4 is 4.74 Å². The third-order valence-corrected chi connectivity index (χ3v) is 3.00. The Kier molecular flexibility index (Phi) is 5.12. The lowest BCUT2D eigenvalue weighted by Crippen LogP contribution is -1.93. The van der Waals surface area contributed by atoms with E-state index in [0.717, 1.165) is 5.56 Å². The molecule has 0 saturated heterocycles. The fourth-order valence-electron chi connectivity index (χ4n) is 1.93. The number of nitrogens with zero attached hydrogens (tertiary/aromatic N) is 2. The number of terminal acetylenes is 1. The molecule has 0 aliphatic carbocycles. The molecule has 0 unspecified atom stereocenters. The van der Waals surface area contributed by atoms with Crippen LogP contribution in [0.25, 0.3) is 11.6 Å². The van der Waals surface area contributed by atoms with E-state index >= 15 is 0 Å². The van der Waals surface area contributed by atoms with E-state index in [4.69, 9.17) is 11.2 Å². The van der Waals surface area contributed by atoms with Gasteiger partial charge in [0, 0.05) is 12.1 Å². The van der Waals surface area contributed by atoms with Gasteiger partial charge in [0.15, 0.2) is 0 Å². The molecule has 2 aromatic carbocycles. The first kappa shape index (κ1) is 15.8. The number of ether oxygens (including phenoxy) is 1. The van der Waals surface area contributed by atoms with Crippen LogP contribution in [0.1, 0.15) is 11.1 Å². The summed E-state index contributed by atoms with van der Waals surface area (Å²) in [5.41, 5.74) is 1.76. The third-order valence-electron chi connectivity index (χ3n) is 3.00. The Morgan fingerprint density at radius 1 is 1.30 bits per heavy atom. The van der Waals surface area contributed by atoms with Gasteiger partial charge in [-0.1, -0.05) is 18.1 Å². The van der Waals surface area contributed by atoms with E-state index in [0.29, 0.717) is 16.9 Å². The van der Waals surface area contributed by atoms with Crippen LogP contribution in [0.2, 0.25) is 0 Å². The van der Waals surface area contributed by atoms with Gasteiger partial charge in [-0.3, -0.25) is 10.1 Å². The van der Waals surface area contributed by atoms with Crippen molar-refractivity contribution in [3.63, 3.8) is 0 Å². The lowest BCUT2D eigenvalue weighted by molar-refractivity contribution is -0.384. The SMILES string of the molecule is C#CCOc1cccc(/C=C(/C#N)c2ccc([N+](=O)[O-])cc2)c1. The van der Waals surface area contributed by atoms with Crippen molar-refractivity contribution in [3.05, 3.63) is 69.8 Å². The molecule has 0 spiro atoms. The monoisotopic (exact) mass is 304 g/mol. The van der Waals surface area contributed by atoms with Gasteiger partial charge in [-0.15, -0.1) is 6.42 Å². The Balaban J connectivity index is 2.30. The average molecular weight is 304 g/mol. The molecule has 0 radical (unpaired) electrons. The fraction of sp³-hybridized carbons (Fsp3) is 0.0556.